The monoisotopic (exact) mass is 237 g/mol. The van der Waals surface area contributed by atoms with E-state index in [0.717, 1.165) is 32.4 Å². The normalized spacial score (nSPS) is 17.2. The van der Waals surface area contributed by atoms with Crippen molar-refractivity contribution in [3.8, 4) is 5.88 Å². The molecule has 0 aliphatic carbocycles. The Morgan fingerprint density at radius 2 is 2.12 bits per heavy atom. The molecule has 1 aromatic rings. The zero-order valence-corrected chi connectivity index (χ0v) is 10.1. The summed E-state index contributed by atoms with van der Waals surface area (Å²) in [5.74, 6) is 0.795. The van der Waals surface area contributed by atoms with Crippen molar-refractivity contribution in [2.75, 3.05) is 13.1 Å². The third-order valence-electron chi connectivity index (χ3n) is 3.24. The number of aromatic hydroxyl groups is 1. The number of rotatable bonds is 3. The number of aromatic nitrogens is 2. The van der Waals surface area contributed by atoms with Crippen LogP contribution in [0.1, 0.15) is 43.5 Å². The molecule has 0 amide bonds. The molecule has 5 nitrogen and oxygen atoms in total. The molecule has 0 atom stereocenters. The lowest BCUT2D eigenvalue weighted by Crippen LogP contribution is -2.29. The first kappa shape index (κ1) is 12.1. The Labute approximate surface area is 100 Å². The predicted octanol–water partition coefficient (Wildman–Crippen LogP) is 0.895. The molecule has 0 saturated carbocycles. The van der Waals surface area contributed by atoms with Crippen LogP contribution in [0.2, 0.25) is 0 Å². The van der Waals surface area contributed by atoms with Crippen molar-refractivity contribution in [1.29, 1.82) is 0 Å². The third kappa shape index (κ3) is 2.66. The summed E-state index contributed by atoms with van der Waals surface area (Å²) in [6.45, 7) is 3.84. The van der Waals surface area contributed by atoms with Gasteiger partial charge in [-0.3, -0.25) is 4.79 Å². The fourth-order valence-corrected chi connectivity index (χ4v) is 2.27. The van der Waals surface area contributed by atoms with Gasteiger partial charge >= 0.3 is 0 Å². The molecule has 1 saturated heterocycles. The Morgan fingerprint density at radius 3 is 2.71 bits per heavy atom. The van der Waals surface area contributed by atoms with Gasteiger partial charge in [0.05, 0.1) is 5.56 Å². The molecular formula is C12H19N3O2. The highest BCUT2D eigenvalue weighted by Crippen LogP contribution is 2.23. The molecule has 0 unspecified atom stereocenters. The van der Waals surface area contributed by atoms with Gasteiger partial charge in [-0.1, -0.05) is 13.3 Å². The molecule has 1 fully saturated rings. The van der Waals surface area contributed by atoms with Gasteiger partial charge < -0.3 is 15.4 Å². The van der Waals surface area contributed by atoms with Crippen molar-refractivity contribution in [1.82, 2.24) is 15.3 Å². The average Bonchev–Trinajstić information content (AvgIpc) is 2.35. The van der Waals surface area contributed by atoms with Gasteiger partial charge in [0.25, 0.3) is 5.56 Å². The van der Waals surface area contributed by atoms with Crippen molar-refractivity contribution in [3.05, 3.63) is 21.7 Å². The molecule has 0 spiro atoms. The zero-order valence-electron chi connectivity index (χ0n) is 10.1. The topological polar surface area (TPSA) is 78.0 Å². The van der Waals surface area contributed by atoms with Crippen LogP contribution in [0.4, 0.5) is 0 Å². The van der Waals surface area contributed by atoms with Gasteiger partial charge in [-0.15, -0.1) is 0 Å². The van der Waals surface area contributed by atoms with Crippen LogP contribution in [0.3, 0.4) is 0 Å². The van der Waals surface area contributed by atoms with E-state index in [1.165, 1.54) is 0 Å². The molecule has 5 heteroatoms. The van der Waals surface area contributed by atoms with E-state index in [-0.39, 0.29) is 17.4 Å². The quantitative estimate of drug-likeness (QED) is 0.729. The second-order valence-corrected chi connectivity index (χ2v) is 4.53. The molecule has 2 rings (SSSR count). The molecular weight excluding hydrogens is 218 g/mol. The minimum absolute atomic E-state index is 0.0934. The molecule has 0 bridgehead atoms. The number of nitrogens with one attached hydrogen (secondary N) is 2. The van der Waals surface area contributed by atoms with Crippen LogP contribution in [0.25, 0.3) is 0 Å². The Bertz CT molecular complexity index is 436. The van der Waals surface area contributed by atoms with E-state index >= 15 is 0 Å². The zero-order chi connectivity index (χ0) is 12.3. The number of nitrogens with zero attached hydrogens (tertiary/aromatic N) is 1. The smallest absolute Gasteiger partial charge is 0.257 e. The Morgan fingerprint density at radius 1 is 1.41 bits per heavy atom. The summed E-state index contributed by atoms with van der Waals surface area (Å²) >= 11 is 0. The minimum atomic E-state index is -0.187. The van der Waals surface area contributed by atoms with Crippen LogP contribution < -0.4 is 10.9 Å². The van der Waals surface area contributed by atoms with Crippen molar-refractivity contribution in [3.63, 3.8) is 0 Å². The molecule has 1 aliphatic rings. The summed E-state index contributed by atoms with van der Waals surface area (Å²) < 4.78 is 0. The largest absolute Gasteiger partial charge is 0.493 e. The maximum atomic E-state index is 11.8. The van der Waals surface area contributed by atoms with Crippen molar-refractivity contribution >= 4 is 0 Å². The highest BCUT2D eigenvalue weighted by atomic mass is 16.3. The number of piperidine rings is 1. The van der Waals surface area contributed by atoms with Crippen LogP contribution in [-0.4, -0.2) is 28.2 Å². The Balaban J connectivity index is 2.27. The van der Waals surface area contributed by atoms with E-state index in [9.17, 15) is 9.90 Å². The van der Waals surface area contributed by atoms with Crippen LogP contribution in [0, 0.1) is 0 Å². The van der Waals surface area contributed by atoms with Gasteiger partial charge in [0.1, 0.15) is 5.82 Å². The minimum Gasteiger partial charge on any atom is -0.493 e. The molecule has 0 aromatic carbocycles. The van der Waals surface area contributed by atoms with Gasteiger partial charge in [0.15, 0.2) is 0 Å². The van der Waals surface area contributed by atoms with Crippen LogP contribution in [-0.2, 0) is 6.42 Å². The van der Waals surface area contributed by atoms with Gasteiger partial charge in [0, 0.05) is 5.92 Å². The van der Waals surface area contributed by atoms with Gasteiger partial charge in [-0.2, -0.15) is 4.98 Å². The van der Waals surface area contributed by atoms with Crippen molar-refractivity contribution < 1.29 is 5.11 Å². The van der Waals surface area contributed by atoms with E-state index in [0.29, 0.717) is 17.8 Å². The lowest BCUT2D eigenvalue weighted by molar-refractivity contribution is 0.413. The van der Waals surface area contributed by atoms with E-state index in [4.69, 9.17) is 0 Å². The number of H-pyrrole nitrogens is 1. The summed E-state index contributed by atoms with van der Waals surface area (Å²) in [4.78, 5) is 18.8. The fourth-order valence-electron chi connectivity index (χ4n) is 2.27. The van der Waals surface area contributed by atoms with E-state index in [1.807, 2.05) is 6.92 Å². The third-order valence-corrected chi connectivity index (χ3v) is 3.24. The summed E-state index contributed by atoms with van der Waals surface area (Å²) in [7, 11) is 0. The first-order valence-corrected chi connectivity index (χ1v) is 6.25. The maximum absolute atomic E-state index is 11.8. The summed E-state index contributed by atoms with van der Waals surface area (Å²) in [5.41, 5.74) is 0.220. The summed E-state index contributed by atoms with van der Waals surface area (Å²) in [5, 5.41) is 13.1. The summed E-state index contributed by atoms with van der Waals surface area (Å²) in [6.07, 6.45) is 3.30. The first-order valence-electron chi connectivity index (χ1n) is 6.25. The predicted molar refractivity (Wildman–Crippen MR) is 65.4 cm³/mol. The lowest BCUT2D eigenvalue weighted by Gasteiger charge is -2.21. The maximum Gasteiger partial charge on any atom is 0.257 e. The Hall–Kier alpha value is -1.36. The second-order valence-electron chi connectivity index (χ2n) is 4.53. The van der Waals surface area contributed by atoms with Crippen molar-refractivity contribution in [2.45, 2.75) is 38.5 Å². The standard InChI is InChI=1S/C12H19N3O2/c1-2-3-9-11(16)14-10(15-12(9)17)8-4-6-13-7-5-8/h8,13H,2-7H2,1H3,(H2,14,15,16,17). The molecule has 0 radical (unpaired) electrons. The Kier molecular flexibility index (Phi) is 3.78. The fraction of sp³-hybridized carbons (Fsp3) is 0.667. The molecule has 1 aromatic heterocycles. The molecule has 1 aliphatic heterocycles. The summed E-state index contributed by atoms with van der Waals surface area (Å²) in [6, 6.07) is 0. The first-order chi connectivity index (χ1) is 8.22. The lowest BCUT2D eigenvalue weighted by atomic mass is 9.97. The molecule has 2 heterocycles. The SMILES string of the molecule is CCCc1c(O)nc(C2CCNCC2)[nH]c1=O. The van der Waals surface area contributed by atoms with E-state index in [1.54, 1.807) is 0 Å². The number of hydrogen-bond donors (Lipinski definition) is 3. The highest BCUT2D eigenvalue weighted by Gasteiger charge is 2.19. The molecule has 94 valence electrons. The average molecular weight is 237 g/mol. The van der Waals surface area contributed by atoms with E-state index < -0.39 is 0 Å². The van der Waals surface area contributed by atoms with Crippen LogP contribution >= 0.6 is 0 Å². The molecule has 3 N–H and O–H groups in total. The van der Waals surface area contributed by atoms with E-state index in [2.05, 4.69) is 15.3 Å². The highest BCUT2D eigenvalue weighted by molar-refractivity contribution is 5.23. The van der Waals surface area contributed by atoms with Crippen LogP contribution in [0.15, 0.2) is 4.79 Å². The van der Waals surface area contributed by atoms with Crippen molar-refractivity contribution in [2.24, 2.45) is 0 Å². The van der Waals surface area contributed by atoms with Crippen LogP contribution in [0.5, 0.6) is 5.88 Å². The van der Waals surface area contributed by atoms with Gasteiger partial charge in [-0.25, -0.2) is 0 Å². The van der Waals surface area contributed by atoms with Gasteiger partial charge in [0.2, 0.25) is 5.88 Å². The second kappa shape index (κ2) is 5.31. The number of aromatic amines is 1. The number of hydrogen-bond acceptors (Lipinski definition) is 4. The molecule has 17 heavy (non-hydrogen) atoms. The van der Waals surface area contributed by atoms with Gasteiger partial charge in [-0.05, 0) is 32.4 Å².